The van der Waals surface area contributed by atoms with Gasteiger partial charge in [-0.15, -0.1) is 11.8 Å². The Labute approximate surface area is 254 Å². The van der Waals surface area contributed by atoms with E-state index in [4.69, 9.17) is 18.6 Å². The number of aliphatic hydroxyl groups is 1. The molecule has 6 heteroatoms. The van der Waals surface area contributed by atoms with Crippen molar-refractivity contribution >= 4 is 18.7 Å². The summed E-state index contributed by atoms with van der Waals surface area (Å²) < 4.78 is 25.0. The van der Waals surface area contributed by atoms with Crippen molar-refractivity contribution in [2.24, 2.45) is 5.92 Å². The van der Waals surface area contributed by atoms with Crippen LogP contribution in [0.1, 0.15) is 52.5 Å². The van der Waals surface area contributed by atoms with Gasteiger partial charge in [-0.05, 0) is 39.0 Å². The van der Waals surface area contributed by atoms with Crippen molar-refractivity contribution in [1.29, 1.82) is 0 Å². The van der Waals surface area contributed by atoms with E-state index in [9.17, 15) is 5.11 Å². The Morgan fingerprint density at radius 2 is 1.36 bits per heavy atom. The Morgan fingerprint density at radius 1 is 0.786 bits per heavy atom. The molecule has 5 nitrogen and oxygen atoms in total. The molecule has 0 aliphatic carbocycles. The monoisotopic (exact) mass is 588 g/mol. The highest BCUT2D eigenvalue weighted by Crippen LogP contribution is 2.37. The van der Waals surface area contributed by atoms with Gasteiger partial charge in [-0.2, -0.15) is 0 Å². The standard InChI is InChI=1S/C36H48O5Si/c1-29(26-37)15-13-14-16-32(39-6)25-33(40-27-30-21-23-31(38-5)24-22-30)28-41-42(36(2,3)4,34-17-9-7-10-18-34)35-19-11-8-12-20-35/h7-12,17-24,29,32-33,37H,15-16,25-28H2,1-6H3/t29-,32+,33-/m0/s1. The average molecular weight is 589 g/mol. The molecule has 3 atom stereocenters. The third-order valence-electron chi connectivity index (χ3n) is 7.62. The van der Waals surface area contributed by atoms with Gasteiger partial charge < -0.3 is 23.7 Å². The van der Waals surface area contributed by atoms with Crippen LogP contribution in [-0.2, 0) is 20.5 Å². The van der Waals surface area contributed by atoms with Gasteiger partial charge in [-0.3, -0.25) is 0 Å². The Morgan fingerprint density at radius 3 is 1.86 bits per heavy atom. The lowest BCUT2D eigenvalue weighted by Gasteiger charge is -2.43. The van der Waals surface area contributed by atoms with Crippen molar-refractivity contribution in [3.05, 3.63) is 90.5 Å². The SMILES string of the molecule is COc1ccc(CO[C@H](CO[Si](c2ccccc2)(c2ccccc2)C(C)(C)C)C[C@@H](CC#CC[C@H](C)CO)OC)cc1. The molecule has 1 N–H and O–H groups in total. The van der Waals surface area contributed by atoms with E-state index in [2.05, 4.69) is 93.3 Å². The highest BCUT2D eigenvalue weighted by Gasteiger charge is 2.50. The van der Waals surface area contributed by atoms with Crippen molar-refractivity contribution in [3.63, 3.8) is 0 Å². The third-order valence-corrected chi connectivity index (χ3v) is 12.6. The number of methoxy groups -OCH3 is 2. The molecule has 3 rings (SSSR count). The zero-order valence-electron chi connectivity index (χ0n) is 26.1. The fraction of sp³-hybridized carbons (Fsp3) is 0.444. The molecule has 0 saturated heterocycles. The van der Waals surface area contributed by atoms with Gasteiger partial charge in [0, 0.05) is 33.0 Å². The van der Waals surface area contributed by atoms with Gasteiger partial charge in [-0.1, -0.05) is 100 Å². The molecule has 42 heavy (non-hydrogen) atoms. The van der Waals surface area contributed by atoms with Crippen LogP contribution in [0, 0.1) is 17.8 Å². The zero-order valence-corrected chi connectivity index (χ0v) is 27.1. The van der Waals surface area contributed by atoms with Gasteiger partial charge in [0.2, 0.25) is 0 Å². The summed E-state index contributed by atoms with van der Waals surface area (Å²) in [5.41, 5.74) is 1.07. The first-order chi connectivity index (χ1) is 20.2. The largest absolute Gasteiger partial charge is 0.497 e. The molecule has 3 aromatic rings. The van der Waals surface area contributed by atoms with Gasteiger partial charge in [-0.25, -0.2) is 0 Å². The molecule has 0 fully saturated rings. The Bertz CT molecular complexity index is 1190. The number of hydrogen-bond donors (Lipinski definition) is 1. The first-order valence-corrected chi connectivity index (χ1v) is 16.7. The quantitative estimate of drug-likeness (QED) is 0.175. The van der Waals surface area contributed by atoms with Gasteiger partial charge in [0.1, 0.15) is 5.75 Å². The smallest absolute Gasteiger partial charge is 0.261 e. The molecule has 0 amide bonds. The summed E-state index contributed by atoms with van der Waals surface area (Å²) in [5, 5.41) is 11.7. The molecule has 0 aromatic heterocycles. The van der Waals surface area contributed by atoms with Crippen LogP contribution in [0.2, 0.25) is 5.04 Å². The maximum atomic E-state index is 9.31. The molecule has 0 heterocycles. The second-order valence-corrected chi connectivity index (χ2v) is 16.2. The van der Waals surface area contributed by atoms with E-state index in [-0.39, 0.29) is 29.8 Å². The van der Waals surface area contributed by atoms with E-state index in [1.807, 2.05) is 31.2 Å². The maximum Gasteiger partial charge on any atom is 0.261 e. The molecule has 0 radical (unpaired) electrons. The van der Waals surface area contributed by atoms with Gasteiger partial charge >= 0.3 is 0 Å². The third kappa shape index (κ3) is 9.29. The Kier molecular flexibility index (Phi) is 13.3. The predicted octanol–water partition coefficient (Wildman–Crippen LogP) is 5.97. The van der Waals surface area contributed by atoms with Gasteiger partial charge in [0.15, 0.2) is 0 Å². The molecule has 0 aliphatic heterocycles. The molecule has 226 valence electrons. The van der Waals surface area contributed by atoms with E-state index in [1.165, 1.54) is 10.4 Å². The highest BCUT2D eigenvalue weighted by atomic mass is 28.4. The van der Waals surface area contributed by atoms with E-state index < -0.39 is 8.32 Å². The van der Waals surface area contributed by atoms with Gasteiger partial charge in [0.05, 0.1) is 32.5 Å². The Balaban J connectivity index is 1.89. The topological polar surface area (TPSA) is 57.2 Å². The normalized spacial score (nSPS) is 14.0. The fourth-order valence-electron chi connectivity index (χ4n) is 5.15. The van der Waals surface area contributed by atoms with Crippen molar-refractivity contribution in [3.8, 4) is 17.6 Å². The number of rotatable bonds is 15. The first kappa shape index (κ1) is 33.6. The van der Waals surface area contributed by atoms with E-state index in [0.717, 1.165) is 11.3 Å². The van der Waals surface area contributed by atoms with E-state index >= 15 is 0 Å². The lowest BCUT2D eigenvalue weighted by molar-refractivity contribution is -0.0302. The summed E-state index contributed by atoms with van der Waals surface area (Å²) >= 11 is 0. The number of benzene rings is 3. The lowest BCUT2D eigenvalue weighted by Crippen LogP contribution is -2.67. The van der Waals surface area contributed by atoms with Crippen LogP contribution in [0.5, 0.6) is 5.75 Å². The average Bonchev–Trinajstić information content (AvgIpc) is 3.01. The predicted molar refractivity (Wildman–Crippen MR) is 174 cm³/mol. The van der Waals surface area contributed by atoms with E-state index in [0.29, 0.717) is 32.5 Å². The summed E-state index contributed by atoms with van der Waals surface area (Å²) in [7, 11) is 0.666. The summed E-state index contributed by atoms with van der Waals surface area (Å²) in [6.45, 7) is 9.87. The molecular formula is C36H48O5Si. The lowest BCUT2D eigenvalue weighted by atomic mass is 10.1. The first-order valence-electron chi connectivity index (χ1n) is 14.8. The van der Waals surface area contributed by atoms with Crippen molar-refractivity contribution in [2.75, 3.05) is 27.4 Å². The second kappa shape index (κ2) is 16.6. The van der Waals surface area contributed by atoms with Crippen LogP contribution in [-0.4, -0.2) is 53.1 Å². The zero-order chi connectivity index (χ0) is 30.4. The van der Waals surface area contributed by atoms with Crippen LogP contribution in [0.25, 0.3) is 0 Å². The van der Waals surface area contributed by atoms with Crippen LogP contribution >= 0.6 is 0 Å². The number of hydrogen-bond acceptors (Lipinski definition) is 5. The summed E-state index contributed by atoms with van der Waals surface area (Å²) in [6.07, 6.45) is 1.59. The van der Waals surface area contributed by atoms with E-state index in [1.54, 1.807) is 14.2 Å². The highest BCUT2D eigenvalue weighted by molar-refractivity contribution is 6.99. The summed E-state index contributed by atoms with van der Waals surface area (Å²) in [4.78, 5) is 0. The molecule has 0 spiro atoms. The van der Waals surface area contributed by atoms with Gasteiger partial charge in [0.25, 0.3) is 8.32 Å². The van der Waals surface area contributed by atoms with Crippen LogP contribution in [0.3, 0.4) is 0 Å². The molecule has 0 unspecified atom stereocenters. The number of ether oxygens (including phenoxy) is 3. The van der Waals surface area contributed by atoms with Crippen LogP contribution in [0.4, 0.5) is 0 Å². The molecule has 0 aliphatic rings. The minimum Gasteiger partial charge on any atom is -0.497 e. The maximum absolute atomic E-state index is 9.31. The fourth-order valence-corrected chi connectivity index (χ4v) is 9.74. The number of aliphatic hydroxyl groups excluding tert-OH is 1. The molecule has 0 saturated carbocycles. The minimum atomic E-state index is -2.73. The van der Waals surface area contributed by atoms with Crippen LogP contribution < -0.4 is 15.1 Å². The molecule has 3 aromatic carbocycles. The second-order valence-electron chi connectivity index (χ2n) is 11.9. The molecule has 0 bridgehead atoms. The molecular weight excluding hydrogens is 540 g/mol. The van der Waals surface area contributed by atoms with Crippen molar-refractivity contribution in [2.45, 2.75) is 70.8 Å². The van der Waals surface area contributed by atoms with Crippen molar-refractivity contribution < 1.29 is 23.7 Å². The summed E-state index contributed by atoms with van der Waals surface area (Å²) in [6, 6.07) is 29.3. The van der Waals surface area contributed by atoms with Crippen molar-refractivity contribution in [1.82, 2.24) is 0 Å². The van der Waals surface area contributed by atoms with Crippen LogP contribution in [0.15, 0.2) is 84.9 Å². The Hall–Kier alpha value is -2.92. The summed E-state index contributed by atoms with van der Waals surface area (Å²) in [5.74, 6) is 7.43. The minimum absolute atomic E-state index is 0.106.